The molecule has 0 spiro atoms. The molecular formula is C37H45NO6. The number of phenolic OH excluding ortho intramolecular Hbond substituents is 1. The Labute approximate surface area is 259 Å². The van der Waals surface area contributed by atoms with Crippen LogP contribution in [0.5, 0.6) is 5.75 Å². The van der Waals surface area contributed by atoms with Gasteiger partial charge in [-0.15, -0.1) is 0 Å². The number of aromatic hydroxyl groups is 1. The molecule has 0 bridgehead atoms. The Morgan fingerprint density at radius 2 is 1.39 bits per heavy atom. The molecule has 44 heavy (non-hydrogen) atoms. The third-order valence-electron chi connectivity index (χ3n) is 8.26. The molecule has 3 N–H and O–H groups in total. The van der Waals surface area contributed by atoms with Gasteiger partial charge in [-0.05, 0) is 47.9 Å². The molecule has 234 valence electrons. The standard InChI is InChI=1S/C37H45NO6/c1-2-3-4-5-6-7-8-9-10-11-12-13-14-15-35(41)38-25-26-16-19-29(32(22-26)37(42)43)36-30-20-17-27(39)23-33(30)44-34-24-28(40)18-21-31(34)36/h16-24,39H,2-15,25H2,1H3,(H,38,41)(H,42,43). The number of fused-ring (bicyclic) bond motifs is 2. The second kappa shape index (κ2) is 16.6. The highest BCUT2D eigenvalue weighted by Gasteiger charge is 2.22. The van der Waals surface area contributed by atoms with Gasteiger partial charge < -0.3 is 19.9 Å². The first kappa shape index (κ1) is 32.8. The maximum atomic E-state index is 12.5. The first-order chi connectivity index (χ1) is 21.4. The minimum Gasteiger partial charge on any atom is -0.508 e. The Morgan fingerprint density at radius 3 is 2.05 bits per heavy atom. The lowest BCUT2D eigenvalue weighted by Crippen LogP contribution is -2.22. The number of carboxylic acid groups (broad SMARTS) is 1. The van der Waals surface area contributed by atoms with E-state index in [0.29, 0.717) is 45.4 Å². The normalized spacial score (nSPS) is 11.3. The molecule has 2 aromatic carbocycles. The van der Waals surface area contributed by atoms with Crippen molar-refractivity contribution >= 4 is 22.8 Å². The quantitative estimate of drug-likeness (QED) is 0.0776. The minimum atomic E-state index is -1.11. The van der Waals surface area contributed by atoms with Crippen LogP contribution in [0.4, 0.5) is 0 Å². The first-order valence-electron chi connectivity index (χ1n) is 16.2. The van der Waals surface area contributed by atoms with E-state index < -0.39 is 5.97 Å². The summed E-state index contributed by atoms with van der Waals surface area (Å²) in [5.74, 6) is -0.856. The largest absolute Gasteiger partial charge is 0.508 e. The molecule has 2 aromatic rings. The number of amides is 1. The van der Waals surface area contributed by atoms with Crippen LogP contribution in [0.2, 0.25) is 0 Å². The Balaban J connectivity index is 1.30. The van der Waals surface area contributed by atoms with Crippen LogP contribution in [0, 0.1) is 0 Å². The van der Waals surface area contributed by atoms with Crippen LogP contribution < -0.4 is 10.7 Å². The maximum absolute atomic E-state index is 12.5. The molecule has 2 aliphatic rings. The van der Waals surface area contributed by atoms with Crippen molar-refractivity contribution in [1.82, 2.24) is 5.32 Å². The van der Waals surface area contributed by atoms with Crippen LogP contribution in [-0.2, 0) is 11.3 Å². The van der Waals surface area contributed by atoms with Crippen LogP contribution in [0.1, 0.15) is 113 Å². The van der Waals surface area contributed by atoms with Crippen LogP contribution in [0.15, 0.2) is 63.8 Å². The van der Waals surface area contributed by atoms with Gasteiger partial charge in [0.1, 0.15) is 17.1 Å². The molecule has 0 saturated carbocycles. The molecule has 1 amide bonds. The minimum absolute atomic E-state index is 0.00632. The summed E-state index contributed by atoms with van der Waals surface area (Å²) < 4.78 is 5.89. The van der Waals surface area contributed by atoms with Crippen molar-refractivity contribution in [3.8, 4) is 28.2 Å². The predicted octanol–water partition coefficient (Wildman–Crippen LogP) is 9.07. The topological polar surface area (TPSA) is 117 Å². The number of aromatic carboxylic acids is 1. The van der Waals surface area contributed by atoms with E-state index in [4.69, 9.17) is 4.42 Å². The summed E-state index contributed by atoms with van der Waals surface area (Å²) in [6.07, 6.45) is 16.8. The zero-order valence-corrected chi connectivity index (χ0v) is 25.8. The van der Waals surface area contributed by atoms with E-state index in [1.165, 1.54) is 88.5 Å². The molecular weight excluding hydrogens is 554 g/mol. The molecule has 1 aliphatic heterocycles. The Kier molecular flexibility index (Phi) is 12.4. The average Bonchev–Trinajstić information content (AvgIpc) is 3.01. The summed E-state index contributed by atoms with van der Waals surface area (Å²) in [5, 5.41) is 23.7. The van der Waals surface area contributed by atoms with Crippen LogP contribution >= 0.6 is 0 Å². The van der Waals surface area contributed by atoms with E-state index in [2.05, 4.69) is 12.2 Å². The lowest BCUT2D eigenvalue weighted by Gasteiger charge is -2.17. The average molecular weight is 600 g/mol. The van der Waals surface area contributed by atoms with Gasteiger partial charge in [-0.1, -0.05) is 96.1 Å². The summed E-state index contributed by atoms with van der Waals surface area (Å²) in [7, 11) is 0. The van der Waals surface area contributed by atoms with Crippen LogP contribution in [0.3, 0.4) is 0 Å². The van der Waals surface area contributed by atoms with Gasteiger partial charge in [-0.2, -0.15) is 0 Å². The van der Waals surface area contributed by atoms with Crippen molar-refractivity contribution < 1.29 is 24.2 Å². The van der Waals surface area contributed by atoms with Crippen molar-refractivity contribution in [1.29, 1.82) is 0 Å². The van der Waals surface area contributed by atoms with Crippen molar-refractivity contribution in [3.05, 3.63) is 75.9 Å². The molecule has 0 saturated heterocycles. The number of hydrogen-bond acceptors (Lipinski definition) is 5. The number of phenols is 1. The molecule has 0 unspecified atom stereocenters. The van der Waals surface area contributed by atoms with E-state index in [9.17, 15) is 24.6 Å². The van der Waals surface area contributed by atoms with Crippen molar-refractivity contribution in [2.24, 2.45) is 0 Å². The highest BCUT2D eigenvalue weighted by Crippen LogP contribution is 2.42. The number of nitrogens with one attached hydrogen (secondary N) is 1. The fourth-order valence-electron chi connectivity index (χ4n) is 5.84. The van der Waals surface area contributed by atoms with Crippen LogP contribution in [-0.4, -0.2) is 22.1 Å². The first-order valence-corrected chi connectivity index (χ1v) is 16.2. The fraction of sp³-hybridized carbons (Fsp3) is 0.432. The Morgan fingerprint density at radius 1 is 0.750 bits per heavy atom. The van der Waals surface area contributed by atoms with Crippen molar-refractivity contribution in [2.75, 3.05) is 0 Å². The zero-order chi connectivity index (χ0) is 31.3. The fourth-order valence-corrected chi connectivity index (χ4v) is 5.84. The summed E-state index contributed by atoms with van der Waals surface area (Å²) in [4.78, 5) is 36.9. The second-order valence-corrected chi connectivity index (χ2v) is 11.8. The smallest absolute Gasteiger partial charge is 0.336 e. The molecule has 1 heterocycles. The lowest BCUT2D eigenvalue weighted by molar-refractivity contribution is -0.121. The lowest BCUT2D eigenvalue weighted by atomic mass is 9.90. The van der Waals surface area contributed by atoms with E-state index in [0.717, 1.165) is 19.3 Å². The van der Waals surface area contributed by atoms with Gasteiger partial charge in [-0.25, -0.2) is 4.79 Å². The zero-order valence-electron chi connectivity index (χ0n) is 25.8. The molecule has 4 rings (SSSR count). The number of carbonyl (C=O) groups excluding carboxylic acids is 1. The highest BCUT2D eigenvalue weighted by atomic mass is 16.4. The summed E-state index contributed by atoms with van der Waals surface area (Å²) in [5.41, 5.74) is 2.48. The van der Waals surface area contributed by atoms with Gasteiger partial charge in [0.25, 0.3) is 0 Å². The van der Waals surface area contributed by atoms with E-state index in [-0.39, 0.29) is 29.2 Å². The Hall–Kier alpha value is -4.13. The van der Waals surface area contributed by atoms with Gasteiger partial charge in [0, 0.05) is 41.6 Å². The monoisotopic (exact) mass is 599 g/mol. The van der Waals surface area contributed by atoms with Gasteiger partial charge in [0.15, 0.2) is 5.43 Å². The number of unbranched alkanes of at least 4 members (excludes halogenated alkanes) is 12. The number of hydrogen-bond donors (Lipinski definition) is 3. The van der Waals surface area contributed by atoms with E-state index in [1.54, 1.807) is 30.3 Å². The second-order valence-electron chi connectivity index (χ2n) is 11.8. The summed E-state index contributed by atoms with van der Waals surface area (Å²) in [6, 6.07) is 14.1. The van der Waals surface area contributed by atoms with Gasteiger partial charge in [0.2, 0.25) is 5.91 Å². The van der Waals surface area contributed by atoms with Crippen molar-refractivity contribution in [2.45, 2.75) is 103 Å². The summed E-state index contributed by atoms with van der Waals surface area (Å²) in [6.45, 7) is 2.48. The van der Waals surface area contributed by atoms with Crippen molar-refractivity contribution in [3.63, 3.8) is 0 Å². The molecule has 0 aromatic heterocycles. The van der Waals surface area contributed by atoms with E-state index in [1.807, 2.05) is 0 Å². The predicted molar refractivity (Wildman–Crippen MR) is 175 cm³/mol. The third kappa shape index (κ3) is 9.18. The molecule has 1 aliphatic carbocycles. The van der Waals surface area contributed by atoms with E-state index >= 15 is 0 Å². The number of carbonyl (C=O) groups is 2. The summed E-state index contributed by atoms with van der Waals surface area (Å²) >= 11 is 0. The highest BCUT2D eigenvalue weighted by molar-refractivity contribution is 6.07. The molecule has 7 heteroatoms. The van der Waals surface area contributed by atoms with Gasteiger partial charge in [-0.3, -0.25) is 9.59 Å². The van der Waals surface area contributed by atoms with Crippen LogP contribution in [0.25, 0.3) is 33.4 Å². The van der Waals surface area contributed by atoms with Gasteiger partial charge in [0.05, 0.1) is 5.56 Å². The third-order valence-corrected chi connectivity index (χ3v) is 8.26. The Bertz CT molecular complexity index is 1570. The SMILES string of the molecule is CCCCCCCCCCCCCCCC(=O)NCc1ccc(-c2c3ccc(=O)cc-3oc3cc(O)ccc23)c(C(=O)O)c1. The molecule has 0 radical (unpaired) electrons. The number of benzene rings is 3. The van der Waals surface area contributed by atoms with Gasteiger partial charge >= 0.3 is 5.97 Å². The molecule has 0 atom stereocenters. The molecule has 0 fully saturated rings. The molecule has 7 nitrogen and oxygen atoms in total. The maximum Gasteiger partial charge on any atom is 0.336 e. The number of carboxylic acids is 1. The number of rotatable bonds is 18.